The Morgan fingerprint density at radius 2 is 1.89 bits per heavy atom. The second-order valence-electron chi connectivity index (χ2n) is 4.22. The summed E-state index contributed by atoms with van der Waals surface area (Å²) in [5.74, 6) is 0.809. The molecule has 0 radical (unpaired) electrons. The van der Waals surface area contributed by atoms with Crippen LogP contribution in [-0.2, 0) is 6.18 Å². The van der Waals surface area contributed by atoms with E-state index in [1.54, 1.807) is 19.1 Å². The summed E-state index contributed by atoms with van der Waals surface area (Å²) in [6.45, 7) is 1.72. The zero-order valence-corrected chi connectivity index (χ0v) is 10.7. The summed E-state index contributed by atoms with van der Waals surface area (Å²) in [4.78, 5) is 0. The smallest absolute Gasteiger partial charge is 0.416 e. The predicted octanol–water partition coefficient (Wildman–Crippen LogP) is 4.64. The van der Waals surface area contributed by atoms with E-state index in [0.29, 0.717) is 11.5 Å². The van der Waals surface area contributed by atoms with Gasteiger partial charge >= 0.3 is 6.18 Å². The van der Waals surface area contributed by atoms with Crippen LogP contribution < -0.4 is 5.73 Å². The van der Waals surface area contributed by atoms with E-state index in [9.17, 15) is 13.2 Å². The maximum absolute atomic E-state index is 12.7. The van der Waals surface area contributed by atoms with Crippen LogP contribution in [0.3, 0.4) is 0 Å². The highest BCUT2D eigenvalue weighted by Gasteiger charge is 2.31. The Balaban J connectivity index is 2.47. The molecule has 0 amide bonds. The van der Waals surface area contributed by atoms with Crippen LogP contribution in [0.4, 0.5) is 13.2 Å². The molecule has 1 unspecified atom stereocenters. The third kappa shape index (κ3) is 3.11. The average Bonchev–Trinajstić information content (AvgIpc) is 2.76. The second-order valence-corrected chi connectivity index (χ2v) is 4.65. The number of benzene rings is 1. The fourth-order valence-electron chi connectivity index (χ4n) is 1.65. The first-order valence-corrected chi connectivity index (χ1v) is 5.88. The number of alkyl halides is 3. The van der Waals surface area contributed by atoms with Gasteiger partial charge in [0.15, 0.2) is 0 Å². The second kappa shape index (κ2) is 4.90. The Bertz CT molecular complexity index is 590. The van der Waals surface area contributed by atoms with Gasteiger partial charge in [-0.05, 0) is 37.3 Å². The van der Waals surface area contributed by atoms with E-state index in [-0.39, 0.29) is 16.6 Å². The molecular formula is C13H11ClF3NO. The Morgan fingerprint density at radius 3 is 2.42 bits per heavy atom. The molecule has 0 aliphatic heterocycles. The van der Waals surface area contributed by atoms with Crippen LogP contribution in [0.25, 0.3) is 11.3 Å². The van der Waals surface area contributed by atoms with Gasteiger partial charge in [-0.15, -0.1) is 0 Å². The van der Waals surface area contributed by atoms with Gasteiger partial charge in [0.05, 0.1) is 11.6 Å². The molecule has 2 N–H and O–H groups in total. The lowest BCUT2D eigenvalue weighted by Crippen LogP contribution is -2.04. The molecule has 0 spiro atoms. The zero-order valence-electron chi connectivity index (χ0n) is 9.96. The highest BCUT2D eigenvalue weighted by atomic mass is 35.5. The van der Waals surface area contributed by atoms with Crippen LogP contribution in [0.15, 0.2) is 34.7 Å². The minimum absolute atomic E-state index is 0.00331. The van der Waals surface area contributed by atoms with Gasteiger partial charge < -0.3 is 10.2 Å². The first-order chi connectivity index (χ1) is 8.77. The highest BCUT2D eigenvalue weighted by Crippen LogP contribution is 2.35. The molecule has 1 aromatic heterocycles. The molecule has 1 atom stereocenters. The van der Waals surface area contributed by atoms with Crippen molar-refractivity contribution in [3.8, 4) is 11.3 Å². The van der Waals surface area contributed by atoms with E-state index in [1.165, 1.54) is 6.07 Å². The van der Waals surface area contributed by atoms with E-state index in [1.807, 2.05) is 0 Å². The van der Waals surface area contributed by atoms with Crippen molar-refractivity contribution >= 4 is 11.6 Å². The molecule has 102 valence electrons. The van der Waals surface area contributed by atoms with Crippen molar-refractivity contribution in [3.63, 3.8) is 0 Å². The fourth-order valence-corrected chi connectivity index (χ4v) is 1.88. The molecule has 2 aromatic rings. The van der Waals surface area contributed by atoms with Crippen LogP contribution in [-0.4, -0.2) is 0 Å². The molecule has 0 saturated heterocycles. The van der Waals surface area contributed by atoms with Crippen LogP contribution in [0.5, 0.6) is 0 Å². The molecule has 2 rings (SSSR count). The Morgan fingerprint density at radius 1 is 1.21 bits per heavy atom. The summed E-state index contributed by atoms with van der Waals surface area (Å²) >= 11 is 5.71. The number of furan rings is 1. The number of nitrogens with two attached hydrogens (primary N) is 1. The first kappa shape index (κ1) is 14.0. The minimum Gasteiger partial charge on any atom is -0.459 e. The molecule has 1 aromatic carbocycles. The normalized spacial score (nSPS) is 13.6. The van der Waals surface area contributed by atoms with Gasteiger partial charge in [-0.1, -0.05) is 11.6 Å². The molecule has 0 saturated carbocycles. The Labute approximate surface area is 113 Å². The van der Waals surface area contributed by atoms with Crippen molar-refractivity contribution in [1.29, 1.82) is 0 Å². The van der Waals surface area contributed by atoms with E-state index < -0.39 is 11.7 Å². The van der Waals surface area contributed by atoms with E-state index in [2.05, 4.69) is 0 Å². The van der Waals surface area contributed by atoms with E-state index in [4.69, 9.17) is 21.8 Å². The van der Waals surface area contributed by atoms with Gasteiger partial charge in [-0.3, -0.25) is 0 Å². The van der Waals surface area contributed by atoms with Gasteiger partial charge in [-0.25, -0.2) is 0 Å². The first-order valence-electron chi connectivity index (χ1n) is 5.51. The van der Waals surface area contributed by atoms with E-state index >= 15 is 0 Å². The third-order valence-electron chi connectivity index (χ3n) is 2.59. The van der Waals surface area contributed by atoms with Crippen molar-refractivity contribution in [2.45, 2.75) is 19.1 Å². The van der Waals surface area contributed by atoms with Gasteiger partial charge in [-0.2, -0.15) is 13.2 Å². The predicted molar refractivity (Wildman–Crippen MR) is 66.8 cm³/mol. The number of rotatable bonds is 2. The van der Waals surface area contributed by atoms with Crippen molar-refractivity contribution < 1.29 is 17.6 Å². The third-order valence-corrected chi connectivity index (χ3v) is 2.80. The SMILES string of the molecule is CC(N)c1ccc(-c2cc(Cl)cc(C(F)(F)F)c2)o1. The number of halogens is 4. The molecule has 0 aliphatic rings. The van der Waals surface area contributed by atoms with E-state index in [0.717, 1.165) is 12.1 Å². The van der Waals surface area contributed by atoms with Crippen LogP contribution in [0.1, 0.15) is 24.3 Å². The lowest BCUT2D eigenvalue weighted by Gasteiger charge is -2.09. The number of hydrogen-bond donors (Lipinski definition) is 1. The van der Waals surface area contributed by atoms with Gasteiger partial charge in [0, 0.05) is 10.6 Å². The molecule has 0 aliphatic carbocycles. The molecular weight excluding hydrogens is 279 g/mol. The van der Waals surface area contributed by atoms with Crippen molar-refractivity contribution in [2.24, 2.45) is 5.73 Å². The summed E-state index contributed by atoms with van der Waals surface area (Å²) in [6, 6.07) is 6.17. The molecule has 6 heteroatoms. The van der Waals surface area contributed by atoms with Crippen molar-refractivity contribution in [2.75, 3.05) is 0 Å². The quantitative estimate of drug-likeness (QED) is 0.875. The van der Waals surface area contributed by atoms with Crippen LogP contribution in [0.2, 0.25) is 5.02 Å². The summed E-state index contributed by atoms with van der Waals surface area (Å²) in [6.07, 6.45) is -4.45. The fraction of sp³-hybridized carbons (Fsp3) is 0.231. The highest BCUT2D eigenvalue weighted by molar-refractivity contribution is 6.30. The molecule has 2 nitrogen and oxygen atoms in total. The average molecular weight is 290 g/mol. The Hall–Kier alpha value is -1.46. The Kier molecular flexibility index (Phi) is 3.60. The standard InChI is InChI=1S/C13H11ClF3NO/c1-7(18)11-2-3-12(19-11)8-4-9(13(15,16)17)6-10(14)5-8/h2-7H,18H2,1H3. The molecule has 19 heavy (non-hydrogen) atoms. The lowest BCUT2D eigenvalue weighted by atomic mass is 10.1. The molecule has 0 fully saturated rings. The minimum atomic E-state index is -4.45. The van der Waals surface area contributed by atoms with Gasteiger partial charge in [0.25, 0.3) is 0 Å². The lowest BCUT2D eigenvalue weighted by molar-refractivity contribution is -0.137. The summed E-state index contributed by atoms with van der Waals surface area (Å²) < 4.78 is 43.5. The summed E-state index contributed by atoms with van der Waals surface area (Å²) in [7, 11) is 0. The monoisotopic (exact) mass is 289 g/mol. The largest absolute Gasteiger partial charge is 0.459 e. The van der Waals surface area contributed by atoms with Crippen molar-refractivity contribution in [3.05, 3.63) is 46.7 Å². The summed E-state index contributed by atoms with van der Waals surface area (Å²) in [5.41, 5.74) is 5.09. The maximum atomic E-state index is 12.7. The summed E-state index contributed by atoms with van der Waals surface area (Å²) in [5, 5.41) is 0.00331. The van der Waals surface area contributed by atoms with Crippen LogP contribution >= 0.6 is 11.6 Å². The maximum Gasteiger partial charge on any atom is 0.416 e. The molecule has 0 bridgehead atoms. The van der Waals surface area contributed by atoms with Gasteiger partial charge in [0.1, 0.15) is 11.5 Å². The van der Waals surface area contributed by atoms with Crippen LogP contribution in [0, 0.1) is 0 Å². The zero-order chi connectivity index (χ0) is 14.2. The number of hydrogen-bond acceptors (Lipinski definition) is 2. The van der Waals surface area contributed by atoms with Crippen molar-refractivity contribution in [1.82, 2.24) is 0 Å². The molecule has 1 heterocycles. The topological polar surface area (TPSA) is 39.2 Å². The van der Waals surface area contributed by atoms with Gasteiger partial charge in [0.2, 0.25) is 0 Å².